The Morgan fingerprint density at radius 3 is 2.53 bits per heavy atom. The summed E-state index contributed by atoms with van der Waals surface area (Å²) >= 11 is 0. The molecular weight excluding hydrogens is 242 g/mol. The normalized spacial score (nSPS) is 11.6. The highest BCUT2D eigenvalue weighted by atomic mass is 32.2. The number of hydrogen-bond acceptors (Lipinski definition) is 4. The molecule has 5 nitrogen and oxygen atoms in total. The molecule has 0 aliphatic carbocycles. The van der Waals surface area contributed by atoms with Crippen LogP contribution in [0.3, 0.4) is 0 Å². The second-order valence-corrected chi connectivity index (χ2v) is 5.44. The third-order valence-corrected chi connectivity index (χ3v) is 3.45. The van der Waals surface area contributed by atoms with Crippen molar-refractivity contribution in [3.63, 3.8) is 0 Å². The number of nitrogens with zero attached hydrogens (tertiary/aromatic N) is 1. The van der Waals surface area contributed by atoms with Gasteiger partial charge in [-0.2, -0.15) is 0 Å². The van der Waals surface area contributed by atoms with Crippen molar-refractivity contribution in [1.29, 1.82) is 0 Å². The number of ether oxygens (including phenoxy) is 1. The van der Waals surface area contributed by atoms with Crippen molar-refractivity contribution < 1.29 is 17.9 Å². The van der Waals surface area contributed by atoms with E-state index in [2.05, 4.69) is 4.74 Å². The minimum Gasteiger partial charge on any atom is -0.464 e. The molecule has 0 spiro atoms. The van der Waals surface area contributed by atoms with Gasteiger partial charge in [0.1, 0.15) is 5.69 Å². The quantitative estimate of drug-likeness (QED) is 0.755. The Hall–Kier alpha value is -1.82. The zero-order valence-electron chi connectivity index (χ0n) is 9.38. The van der Waals surface area contributed by atoms with Gasteiger partial charge in [0.2, 0.25) is 10.0 Å². The maximum atomic E-state index is 11.7. The summed E-state index contributed by atoms with van der Waals surface area (Å²) in [6.45, 7) is 0. The highest BCUT2D eigenvalue weighted by molar-refractivity contribution is 7.89. The molecule has 0 aliphatic rings. The van der Waals surface area contributed by atoms with Crippen molar-refractivity contribution in [3.05, 3.63) is 36.0 Å². The first-order valence-electron chi connectivity index (χ1n) is 4.84. The van der Waals surface area contributed by atoms with E-state index >= 15 is 0 Å². The third-order valence-electron chi connectivity index (χ3n) is 2.39. The number of esters is 1. The number of aromatic nitrogens is 1. The summed E-state index contributed by atoms with van der Waals surface area (Å²) in [7, 11) is -2.34. The number of fused-ring (bicyclic) bond motifs is 1. The number of methoxy groups -OCH3 is 1. The van der Waals surface area contributed by atoms with Crippen LogP contribution >= 0.6 is 0 Å². The van der Waals surface area contributed by atoms with Gasteiger partial charge in [0, 0.05) is 5.39 Å². The van der Waals surface area contributed by atoms with Crippen LogP contribution in [0, 0.1) is 0 Å². The number of carbonyl (C=O) groups excluding carboxylic acids is 1. The fraction of sp³-hybridized carbons (Fsp3) is 0.182. The van der Waals surface area contributed by atoms with Gasteiger partial charge in [0.05, 0.1) is 18.9 Å². The average Bonchev–Trinajstić information content (AvgIpc) is 2.66. The minimum atomic E-state index is -3.56. The van der Waals surface area contributed by atoms with Crippen LogP contribution in [0.5, 0.6) is 0 Å². The number of carbonyl (C=O) groups is 1. The summed E-state index contributed by atoms with van der Waals surface area (Å²) in [6, 6.07) is 8.37. The van der Waals surface area contributed by atoms with Crippen molar-refractivity contribution in [3.8, 4) is 0 Å². The van der Waals surface area contributed by atoms with E-state index < -0.39 is 16.0 Å². The second kappa shape index (κ2) is 3.89. The van der Waals surface area contributed by atoms with E-state index in [0.29, 0.717) is 10.9 Å². The topological polar surface area (TPSA) is 65.4 Å². The molecule has 2 aromatic rings. The molecule has 6 heteroatoms. The molecule has 0 bridgehead atoms. The molecule has 90 valence electrons. The van der Waals surface area contributed by atoms with Crippen molar-refractivity contribution in [2.75, 3.05) is 13.4 Å². The maximum Gasteiger partial charge on any atom is 0.355 e. The molecule has 0 aliphatic heterocycles. The summed E-state index contributed by atoms with van der Waals surface area (Å²) < 4.78 is 29.0. The molecule has 0 unspecified atom stereocenters. The Labute approximate surface area is 98.7 Å². The second-order valence-electron chi connectivity index (χ2n) is 3.61. The van der Waals surface area contributed by atoms with Crippen molar-refractivity contribution >= 4 is 26.9 Å². The van der Waals surface area contributed by atoms with Crippen LogP contribution in [-0.4, -0.2) is 31.7 Å². The first-order valence-corrected chi connectivity index (χ1v) is 6.69. The van der Waals surface area contributed by atoms with E-state index in [1.807, 2.05) is 0 Å². The SMILES string of the molecule is COC(=O)c1cc2ccccc2n1S(C)(=O)=O. The summed E-state index contributed by atoms with van der Waals surface area (Å²) in [6.07, 6.45) is 1.05. The smallest absolute Gasteiger partial charge is 0.355 e. The molecule has 1 aromatic heterocycles. The van der Waals surface area contributed by atoms with E-state index in [1.54, 1.807) is 24.3 Å². The fourth-order valence-corrected chi connectivity index (χ4v) is 2.74. The van der Waals surface area contributed by atoms with Gasteiger partial charge >= 0.3 is 5.97 Å². The van der Waals surface area contributed by atoms with E-state index in [0.717, 1.165) is 10.2 Å². The third kappa shape index (κ3) is 1.91. The van der Waals surface area contributed by atoms with Gasteiger partial charge in [-0.1, -0.05) is 18.2 Å². The van der Waals surface area contributed by atoms with E-state index in [-0.39, 0.29) is 5.69 Å². The number of para-hydroxylation sites is 1. The number of benzene rings is 1. The summed E-state index contributed by atoms with van der Waals surface area (Å²) in [5.74, 6) is -0.674. The lowest BCUT2D eigenvalue weighted by Gasteiger charge is -2.06. The monoisotopic (exact) mass is 253 g/mol. The molecule has 0 atom stereocenters. The molecule has 1 aromatic carbocycles. The van der Waals surface area contributed by atoms with Crippen LogP contribution in [0.15, 0.2) is 30.3 Å². The molecule has 0 N–H and O–H groups in total. The Balaban J connectivity index is 2.89. The molecular formula is C11H11NO4S. The van der Waals surface area contributed by atoms with E-state index in [1.165, 1.54) is 13.2 Å². The maximum absolute atomic E-state index is 11.7. The highest BCUT2D eigenvalue weighted by Crippen LogP contribution is 2.21. The Morgan fingerprint density at radius 2 is 1.94 bits per heavy atom. The fourth-order valence-electron chi connectivity index (χ4n) is 1.73. The molecule has 0 amide bonds. The van der Waals surface area contributed by atoms with Gasteiger partial charge in [-0.05, 0) is 12.1 Å². The van der Waals surface area contributed by atoms with Gasteiger partial charge in [-0.3, -0.25) is 0 Å². The van der Waals surface area contributed by atoms with Gasteiger partial charge in [0.15, 0.2) is 0 Å². The molecule has 0 saturated heterocycles. The van der Waals surface area contributed by atoms with Crippen LogP contribution in [0.25, 0.3) is 10.9 Å². The van der Waals surface area contributed by atoms with Crippen LogP contribution < -0.4 is 0 Å². The Bertz CT molecular complexity index is 685. The molecule has 1 heterocycles. The lowest BCUT2D eigenvalue weighted by molar-refractivity contribution is 0.0593. The van der Waals surface area contributed by atoms with Gasteiger partial charge in [-0.25, -0.2) is 17.2 Å². The summed E-state index contributed by atoms with van der Waals surface area (Å²) in [5.41, 5.74) is 0.478. The standard InChI is InChI=1S/C11H11NO4S/c1-16-11(13)10-7-8-5-3-4-6-9(8)12(10)17(2,14)15/h3-7H,1-2H3. The van der Waals surface area contributed by atoms with Crippen molar-refractivity contribution in [1.82, 2.24) is 3.97 Å². The first-order chi connectivity index (χ1) is 7.95. The van der Waals surface area contributed by atoms with Gasteiger partial charge < -0.3 is 4.74 Å². The minimum absolute atomic E-state index is 0.0104. The van der Waals surface area contributed by atoms with Crippen molar-refractivity contribution in [2.24, 2.45) is 0 Å². The Kier molecular flexibility index (Phi) is 2.66. The summed E-state index contributed by atoms with van der Waals surface area (Å²) in [5, 5.41) is 0.679. The molecule has 0 saturated carbocycles. The van der Waals surface area contributed by atoms with Crippen LogP contribution in [0.1, 0.15) is 10.5 Å². The summed E-state index contributed by atoms with van der Waals surface area (Å²) in [4.78, 5) is 11.5. The van der Waals surface area contributed by atoms with Crippen LogP contribution in [0.2, 0.25) is 0 Å². The predicted molar refractivity (Wildman–Crippen MR) is 63.5 cm³/mol. The molecule has 0 fully saturated rings. The number of rotatable bonds is 2. The zero-order valence-corrected chi connectivity index (χ0v) is 10.2. The van der Waals surface area contributed by atoms with Crippen LogP contribution in [-0.2, 0) is 14.8 Å². The Morgan fingerprint density at radius 1 is 1.29 bits per heavy atom. The lowest BCUT2D eigenvalue weighted by Crippen LogP contribution is -2.17. The van der Waals surface area contributed by atoms with Crippen LogP contribution in [0.4, 0.5) is 0 Å². The average molecular weight is 253 g/mol. The zero-order chi connectivity index (χ0) is 12.6. The van der Waals surface area contributed by atoms with Gasteiger partial charge in [0.25, 0.3) is 0 Å². The highest BCUT2D eigenvalue weighted by Gasteiger charge is 2.21. The van der Waals surface area contributed by atoms with Gasteiger partial charge in [-0.15, -0.1) is 0 Å². The molecule has 0 radical (unpaired) electrons. The largest absolute Gasteiger partial charge is 0.464 e. The van der Waals surface area contributed by atoms with E-state index in [9.17, 15) is 13.2 Å². The predicted octanol–water partition coefficient (Wildman–Crippen LogP) is 1.24. The molecule has 17 heavy (non-hydrogen) atoms. The molecule has 2 rings (SSSR count). The first kappa shape index (κ1) is 11.7. The van der Waals surface area contributed by atoms with Crippen molar-refractivity contribution in [2.45, 2.75) is 0 Å². The number of hydrogen-bond donors (Lipinski definition) is 0. The lowest BCUT2D eigenvalue weighted by atomic mass is 10.2. The van der Waals surface area contributed by atoms with E-state index in [4.69, 9.17) is 0 Å².